The van der Waals surface area contributed by atoms with Crippen LogP contribution in [0.5, 0.6) is 0 Å². The standard InChI is InChI=1S/C16H23FN2S/c17-14-2-4-15(5-3-14)19-10-8-18(9-11-19)12-16(13-20)6-1-7-16/h2-5,20H,1,6-13H2. The Balaban J connectivity index is 1.53. The van der Waals surface area contributed by atoms with Gasteiger partial charge < -0.3 is 4.90 Å². The lowest BCUT2D eigenvalue weighted by atomic mass is 9.70. The van der Waals surface area contributed by atoms with Gasteiger partial charge in [0.15, 0.2) is 0 Å². The van der Waals surface area contributed by atoms with Gasteiger partial charge in [-0.2, -0.15) is 12.6 Å². The predicted molar refractivity (Wildman–Crippen MR) is 85.2 cm³/mol. The number of hydrogen-bond acceptors (Lipinski definition) is 3. The summed E-state index contributed by atoms with van der Waals surface area (Å²) in [5.74, 6) is 0.860. The third-order valence-electron chi connectivity index (χ3n) is 4.87. The van der Waals surface area contributed by atoms with Gasteiger partial charge in [0.25, 0.3) is 0 Å². The minimum absolute atomic E-state index is 0.159. The van der Waals surface area contributed by atoms with Gasteiger partial charge in [-0.15, -0.1) is 0 Å². The molecule has 1 saturated heterocycles. The fourth-order valence-corrected chi connectivity index (χ4v) is 3.75. The first-order chi connectivity index (χ1) is 9.71. The first-order valence-electron chi connectivity index (χ1n) is 7.55. The maximum Gasteiger partial charge on any atom is 0.123 e. The summed E-state index contributed by atoms with van der Waals surface area (Å²) < 4.78 is 13.0. The van der Waals surface area contributed by atoms with Crippen molar-refractivity contribution in [3.63, 3.8) is 0 Å². The molecule has 2 nitrogen and oxygen atoms in total. The van der Waals surface area contributed by atoms with Gasteiger partial charge in [0.1, 0.15) is 5.82 Å². The molecule has 0 spiro atoms. The number of nitrogens with zero attached hydrogens (tertiary/aromatic N) is 2. The Labute approximate surface area is 126 Å². The monoisotopic (exact) mass is 294 g/mol. The van der Waals surface area contributed by atoms with E-state index in [0.717, 1.165) is 37.6 Å². The number of benzene rings is 1. The lowest BCUT2D eigenvalue weighted by Gasteiger charge is -2.46. The third-order valence-corrected chi connectivity index (χ3v) is 5.54. The van der Waals surface area contributed by atoms with E-state index in [9.17, 15) is 4.39 Å². The second-order valence-corrected chi connectivity index (χ2v) is 6.57. The molecule has 110 valence electrons. The van der Waals surface area contributed by atoms with Crippen molar-refractivity contribution < 1.29 is 4.39 Å². The number of hydrogen-bond donors (Lipinski definition) is 1. The molecule has 0 unspecified atom stereocenters. The summed E-state index contributed by atoms with van der Waals surface area (Å²) in [5, 5.41) is 0. The predicted octanol–water partition coefficient (Wildman–Crippen LogP) is 3.05. The van der Waals surface area contributed by atoms with Crippen LogP contribution in [0.1, 0.15) is 19.3 Å². The zero-order valence-electron chi connectivity index (χ0n) is 11.9. The Morgan fingerprint density at radius 3 is 2.20 bits per heavy atom. The molecule has 1 aromatic carbocycles. The van der Waals surface area contributed by atoms with E-state index in [4.69, 9.17) is 0 Å². The summed E-state index contributed by atoms with van der Waals surface area (Å²) in [6.45, 7) is 5.48. The maximum atomic E-state index is 13.0. The first-order valence-corrected chi connectivity index (χ1v) is 8.18. The molecule has 2 fully saturated rings. The van der Waals surface area contributed by atoms with Crippen LogP contribution >= 0.6 is 12.6 Å². The second kappa shape index (κ2) is 5.94. The molecule has 2 aliphatic rings. The molecule has 0 aromatic heterocycles. The topological polar surface area (TPSA) is 6.48 Å². The average Bonchev–Trinajstić information content (AvgIpc) is 2.45. The van der Waals surface area contributed by atoms with Crippen LogP contribution in [0.4, 0.5) is 10.1 Å². The summed E-state index contributed by atoms with van der Waals surface area (Å²) >= 11 is 4.54. The Morgan fingerprint density at radius 1 is 1.05 bits per heavy atom. The lowest BCUT2D eigenvalue weighted by Crippen LogP contribution is -2.52. The molecular weight excluding hydrogens is 271 g/mol. The fraction of sp³-hybridized carbons (Fsp3) is 0.625. The first kappa shape index (κ1) is 14.2. The average molecular weight is 294 g/mol. The zero-order valence-corrected chi connectivity index (χ0v) is 12.8. The Morgan fingerprint density at radius 2 is 1.70 bits per heavy atom. The van der Waals surface area contributed by atoms with Crippen LogP contribution in [-0.4, -0.2) is 43.4 Å². The summed E-state index contributed by atoms with van der Waals surface area (Å²) in [6.07, 6.45) is 4.06. The van der Waals surface area contributed by atoms with Crippen LogP contribution in [0.2, 0.25) is 0 Å². The highest BCUT2D eigenvalue weighted by Crippen LogP contribution is 2.42. The molecule has 1 heterocycles. The highest BCUT2D eigenvalue weighted by Gasteiger charge is 2.37. The zero-order chi connectivity index (χ0) is 14.0. The number of rotatable bonds is 4. The molecule has 20 heavy (non-hydrogen) atoms. The van der Waals surface area contributed by atoms with E-state index >= 15 is 0 Å². The minimum atomic E-state index is -0.159. The van der Waals surface area contributed by atoms with Gasteiger partial charge >= 0.3 is 0 Å². The van der Waals surface area contributed by atoms with E-state index in [1.165, 1.54) is 25.8 Å². The molecule has 1 saturated carbocycles. The van der Waals surface area contributed by atoms with Crippen molar-refractivity contribution in [2.45, 2.75) is 19.3 Å². The van der Waals surface area contributed by atoms with E-state index in [2.05, 4.69) is 22.4 Å². The molecular formula is C16H23FN2S. The molecule has 1 aliphatic heterocycles. The van der Waals surface area contributed by atoms with E-state index in [1.807, 2.05) is 12.1 Å². The van der Waals surface area contributed by atoms with Gasteiger partial charge in [-0.25, -0.2) is 4.39 Å². The summed E-state index contributed by atoms with van der Waals surface area (Å²) in [7, 11) is 0. The highest BCUT2D eigenvalue weighted by molar-refractivity contribution is 7.80. The number of piperazine rings is 1. The van der Waals surface area contributed by atoms with E-state index < -0.39 is 0 Å². The molecule has 0 bridgehead atoms. The summed E-state index contributed by atoms with van der Waals surface area (Å²) in [4.78, 5) is 4.93. The van der Waals surface area contributed by atoms with Crippen LogP contribution in [-0.2, 0) is 0 Å². The second-order valence-electron chi connectivity index (χ2n) is 6.25. The van der Waals surface area contributed by atoms with Gasteiger partial charge in [0.05, 0.1) is 0 Å². The van der Waals surface area contributed by atoms with Gasteiger partial charge in [-0.3, -0.25) is 4.90 Å². The quantitative estimate of drug-likeness (QED) is 0.853. The van der Waals surface area contributed by atoms with Crippen molar-refractivity contribution in [1.82, 2.24) is 4.90 Å². The number of anilines is 1. The van der Waals surface area contributed by atoms with E-state index in [0.29, 0.717) is 5.41 Å². The van der Waals surface area contributed by atoms with Crippen LogP contribution in [0.3, 0.4) is 0 Å². The van der Waals surface area contributed by atoms with E-state index in [-0.39, 0.29) is 5.82 Å². The van der Waals surface area contributed by atoms with Crippen molar-refractivity contribution in [1.29, 1.82) is 0 Å². The molecule has 4 heteroatoms. The Bertz CT molecular complexity index is 431. The van der Waals surface area contributed by atoms with Crippen LogP contribution in [0.25, 0.3) is 0 Å². The lowest BCUT2D eigenvalue weighted by molar-refractivity contribution is 0.0869. The van der Waals surface area contributed by atoms with Crippen molar-refractivity contribution >= 4 is 18.3 Å². The molecule has 0 atom stereocenters. The molecule has 1 aliphatic carbocycles. The van der Waals surface area contributed by atoms with Gasteiger partial charge in [0, 0.05) is 38.4 Å². The van der Waals surface area contributed by atoms with Crippen molar-refractivity contribution in [3.8, 4) is 0 Å². The van der Waals surface area contributed by atoms with E-state index in [1.54, 1.807) is 12.1 Å². The molecule has 3 rings (SSSR count). The molecule has 0 amide bonds. The highest BCUT2D eigenvalue weighted by atomic mass is 32.1. The van der Waals surface area contributed by atoms with Gasteiger partial charge in [-0.05, 0) is 48.3 Å². The van der Waals surface area contributed by atoms with Crippen molar-refractivity contribution in [2.75, 3.05) is 43.4 Å². The van der Waals surface area contributed by atoms with Gasteiger partial charge in [-0.1, -0.05) is 6.42 Å². The van der Waals surface area contributed by atoms with Crippen LogP contribution in [0.15, 0.2) is 24.3 Å². The number of thiol groups is 1. The largest absolute Gasteiger partial charge is 0.369 e. The van der Waals surface area contributed by atoms with Gasteiger partial charge in [0.2, 0.25) is 0 Å². The Kier molecular flexibility index (Phi) is 4.22. The minimum Gasteiger partial charge on any atom is -0.369 e. The molecule has 1 aromatic rings. The molecule has 0 radical (unpaired) electrons. The summed E-state index contributed by atoms with van der Waals surface area (Å²) in [6, 6.07) is 6.86. The van der Waals surface area contributed by atoms with Crippen LogP contribution in [0, 0.1) is 11.2 Å². The van der Waals surface area contributed by atoms with Crippen molar-refractivity contribution in [2.24, 2.45) is 5.41 Å². The Hall–Kier alpha value is -0.740. The van der Waals surface area contributed by atoms with Crippen LogP contribution < -0.4 is 4.90 Å². The molecule has 0 N–H and O–H groups in total. The summed E-state index contributed by atoms with van der Waals surface area (Å²) in [5.41, 5.74) is 1.62. The fourth-order valence-electron chi connectivity index (χ4n) is 3.33. The van der Waals surface area contributed by atoms with Crippen molar-refractivity contribution in [3.05, 3.63) is 30.1 Å². The smallest absolute Gasteiger partial charge is 0.123 e. The SMILES string of the molecule is Fc1ccc(N2CCN(CC3(CS)CCC3)CC2)cc1. The third kappa shape index (κ3) is 2.96. The normalized spacial score (nSPS) is 22.6. The number of halogens is 1. The maximum absolute atomic E-state index is 13.0.